The van der Waals surface area contributed by atoms with E-state index in [-0.39, 0.29) is 17.0 Å². The first-order chi connectivity index (χ1) is 16.3. The maximum absolute atomic E-state index is 12.7. The monoisotopic (exact) mass is 477 g/mol. The SMILES string of the molecule is CN1CCC(Cc2cccc(-c3cccc(CNS(=O)(=O)c4cccc(C(N)=O)c4)c3)c2)CC1. The molecule has 1 saturated heterocycles. The first kappa shape index (κ1) is 24.1. The van der Waals surface area contributed by atoms with E-state index in [2.05, 4.69) is 40.9 Å². The number of hydrogen-bond donors (Lipinski definition) is 2. The number of amides is 1. The second-order valence-electron chi connectivity index (χ2n) is 9.07. The van der Waals surface area contributed by atoms with E-state index in [0.29, 0.717) is 0 Å². The molecular formula is C27H31N3O3S. The smallest absolute Gasteiger partial charge is 0.248 e. The number of nitrogens with one attached hydrogen (secondary N) is 1. The van der Waals surface area contributed by atoms with Gasteiger partial charge in [-0.05, 0) is 91.8 Å². The van der Waals surface area contributed by atoms with Gasteiger partial charge in [0.2, 0.25) is 15.9 Å². The van der Waals surface area contributed by atoms with E-state index in [1.807, 2.05) is 24.3 Å². The molecular weight excluding hydrogens is 446 g/mol. The lowest BCUT2D eigenvalue weighted by molar-refractivity contribution is 0.1000. The van der Waals surface area contributed by atoms with Crippen LogP contribution in [0.2, 0.25) is 0 Å². The Hall–Kier alpha value is -3.00. The van der Waals surface area contributed by atoms with Crippen molar-refractivity contribution in [1.29, 1.82) is 0 Å². The molecule has 0 bridgehead atoms. The highest BCUT2D eigenvalue weighted by Crippen LogP contribution is 2.26. The largest absolute Gasteiger partial charge is 0.366 e. The standard InChI is InChI=1S/C27H31N3O3S/c1-30-13-11-20(12-14-30)15-21-5-2-7-23(16-21)24-8-3-6-22(17-24)19-29-34(32,33)26-10-4-9-25(18-26)27(28)31/h2-10,16-18,20,29H,11-15,19H2,1H3,(H2,28,31). The van der Waals surface area contributed by atoms with Crippen LogP contribution in [0.25, 0.3) is 11.1 Å². The summed E-state index contributed by atoms with van der Waals surface area (Å²) in [7, 11) is -1.60. The van der Waals surface area contributed by atoms with Gasteiger partial charge in [0.1, 0.15) is 0 Å². The van der Waals surface area contributed by atoms with Gasteiger partial charge in [0.15, 0.2) is 0 Å². The molecule has 3 N–H and O–H groups in total. The maximum atomic E-state index is 12.7. The molecule has 3 aromatic carbocycles. The Bertz CT molecular complexity index is 1270. The fourth-order valence-electron chi connectivity index (χ4n) is 4.42. The number of hydrogen-bond acceptors (Lipinski definition) is 4. The van der Waals surface area contributed by atoms with Gasteiger partial charge < -0.3 is 10.6 Å². The first-order valence-electron chi connectivity index (χ1n) is 11.6. The summed E-state index contributed by atoms with van der Waals surface area (Å²) in [5.41, 5.74) is 9.81. The lowest BCUT2D eigenvalue weighted by Crippen LogP contribution is -2.30. The average molecular weight is 478 g/mol. The van der Waals surface area contributed by atoms with Crippen LogP contribution < -0.4 is 10.5 Å². The Labute approximate surface area is 201 Å². The summed E-state index contributed by atoms with van der Waals surface area (Å²) in [6.07, 6.45) is 3.56. The van der Waals surface area contributed by atoms with Gasteiger partial charge in [0.25, 0.3) is 0 Å². The summed E-state index contributed by atoms with van der Waals surface area (Å²) in [5, 5.41) is 0. The Morgan fingerprint density at radius 3 is 2.24 bits per heavy atom. The number of rotatable bonds is 8. The van der Waals surface area contributed by atoms with Crippen LogP contribution in [0.15, 0.2) is 77.7 Å². The molecule has 1 amide bonds. The van der Waals surface area contributed by atoms with Gasteiger partial charge in [-0.1, -0.05) is 48.5 Å². The van der Waals surface area contributed by atoms with Crippen LogP contribution in [0.4, 0.5) is 0 Å². The quantitative estimate of drug-likeness (QED) is 0.516. The number of primary amides is 1. The molecule has 6 nitrogen and oxygen atoms in total. The number of carbonyl (C=O) groups excluding carboxylic acids is 1. The average Bonchev–Trinajstić information content (AvgIpc) is 2.85. The summed E-state index contributed by atoms with van der Waals surface area (Å²) in [6.45, 7) is 2.47. The van der Waals surface area contributed by atoms with E-state index >= 15 is 0 Å². The molecule has 3 aromatic rings. The number of benzene rings is 3. The summed E-state index contributed by atoms with van der Waals surface area (Å²) in [5.74, 6) is 0.0584. The third kappa shape index (κ3) is 6.11. The molecule has 0 atom stereocenters. The highest BCUT2D eigenvalue weighted by atomic mass is 32.2. The van der Waals surface area contributed by atoms with Crippen molar-refractivity contribution in [2.75, 3.05) is 20.1 Å². The Kier molecular flexibility index (Phi) is 7.46. The topological polar surface area (TPSA) is 92.5 Å². The minimum atomic E-state index is -3.78. The Morgan fingerprint density at radius 1 is 0.941 bits per heavy atom. The zero-order valence-electron chi connectivity index (χ0n) is 19.4. The van der Waals surface area contributed by atoms with Gasteiger partial charge in [-0.3, -0.25) is 4.79 Å². The van der Waals surface area contributed by atoms with Crippen LogP contribution >= 0.6 is 0 Å². The van der Waals surface area contributed by atoms with Crippen molar-refractivity contribution in [3.63, 3.8) is 0 Å². The van der Waals surface area contributed by atoms with Gasteiger partial charge in [-0.25, -0.2) is 13.1 Å². The summed E-state index contributed by atoms with van der Waals surface area (Å²) in [4.78, 5) is 13.8. The molecule has 1 aliphatic heterocycles. The van der Waals surface area contributed by atoms with Crippen molar-refractivity contribution in [1.82, 2.24) is 9.62 Å². The molecule has 0 aromatic heterocycles. The lowest BCUT2D eigenvalue weighted by atomic mass is 9.89. The summed E-state index contributed by atoms with van der Waals surface area (Å²) < 4.78 is 28.1. The highest BCUT2D eigenvalue weighted by Gasteiger charge is 2.18. The fraction of sp³-hybridized carbons (Fsp3) is 0.296. The predicted octanol–water partition coefficient (Wildman–Crippen LogP) is 3.82. The van der Waals surface area contributed by atoms with E-state index in [4.69, 9.17) is 5.73 Å². The zero-order chi connectivity index (χ0) is 24.1. The third-order valence-corrected chi connectivity index (χ3v) is 7.84. The number of carbonyl (C=O) groups is 1. The number of nitrogens with two attached hydrogens (primary N) is 1. The molecule has 34 heavy (non-hydrogen) atoms. The van der Waals surface area contributed by atoms with E-state index in [1.54, 1.807) is 0 Å². The van der Waals surface area contributed by atoms with Gasteiger partial charge in [0.05, 0.1) is 4.90 Å². The molecule has 0 aliphatic carbocycles. The van der Waals surface area contributed by atoms with E-state index in [0.717, 1.165) is 42.1 Å². The van der Waals surface area contributed by atoms with Crippen LogP contribution in [-0.2, 0) is 23.0 Å². The summed E-state index contributed by atoms with van der Waals surface area (Å²) in [6, 6.07) is 22.3. The number of piperidine rings is 1. The third-order valence-electron chi connectivity index (χ3n) is 6.44. The number of sulfonamides is 1. The predicted molar refractivity (Wildman–Crippen MR) is 135 cm³/mol. The molecule has 1 heterocycles. The zero-order valence-corrected chi connectivity index (χ0v) is 20.2. The first-order valence-corrected chi connectivity index (χ1v) is 13.0. The van der Waals surface area contributed by atoms with Crippen LogP contribution in [0.5, 0.6) is 0 Å². The van der Waals surface area contributed by atoms with Crippen LogP contribution in [0.3, 0.4) is 0 Å². The second-order valence-corrected chi connectivity index (χ2v) is 10.8. The Balaban J connectivity index is 1.45. The van der Waals surface area contributed by atoms with Crippen molar-refractivity contribution >= 4 is 15.9 Å². The van der Waals surface area contributed by atoms with E-state index < -0.39 is 15.9 Å². The molecule has 0 unspecified atom stereocenters. The highest BCUT2D eigenvalue weighted by molar-refractivity contribution is 7.89. The lowest BCUT2D eigenvalue weighted by Gasteiger charge is -2.29. The summed E-state index contributed by atoms with van der Waals surface area (Å²) >= 11 is 0. The molecule has 1 fully saturated rings. The molecule has 1 aliphatic rings. The van der Waals surface area contributed by atoms with Crippen LogP contribution in [-0.4, -0.2) is 39.4 Å². The van der Waals surface area contributed by atoms with E-state index in [1.165, 1.54) is 42.7 Å². The molecule has 178 valence electrons. The Morgan fingerprint density at radius 2 is 1.56 bits per heavy atom. The minimum Gasteiger partial charge on any atom is -0.366 e. The minimum absolute atomic E-state index is 0.0153. The molecule has 0 saturated carbocycles. The van der Waals surface area contributed by atoms with Gasteiger partial charge in [0, 0.05) is 12.1 Å². The maximum Gasteiger partial charge on any atom is 0.248 e. The second kappa shape index (κ2) is 10.5. The van der Waals surface area contributed by atoms with Crippen molar-refractivity contribution in [3.8, 4) is 11.1 Å². The normalized spacial score (nSPS) is 15.3. The van der Waals surface area contributed by atoms with Crippen molar-refractivity contribution in [2.24, 2.45) is 11.7 Å². The molecule has 7 heteroatoms. The number of likely N-dealkylation sites (tertiary alicyclic amines) is 1. The van der Waals surface area contributed by atoms with Crippen LogP contribution in [0.1, 0.15) is 34.3 Å². The number of nitrogens with zero attached hydrogens (tertiary/aromatic N) is 1. The molecule has 4 rings (SSSR count). The van der Waals surface area contributed by atoms with E-state index in [9.17, 15) is 13.2 Å². The van der Waals surface area contributed by atoms with Gasteiger partial charge in [-0.15, -0.1) is 0 Å². The molecule has 0 spiro atoms. The van der Waals surface area contributed by atoms with Crippen molar-refractivity contribution < 1.29 is 13.2 Å². The van der Waals surface area contributed by atoms with Crippen molar-refractivity contribution in [2.45, 2.75) is 30.7 Å². The van der Waals surface area contributed by atoms with Crippen molar-refractivity contribution in [3.05, 3.63) is 89.5 Å². The van der Waals surface area contributed by atoms with Gasteiger partial charge >= 0.3 is 0 Å². The van der Waals surface area contributed by atoms with Crippen LogP contribution in [0, 0.1) is 5.92 Å². The van der Waals surface area contributed by atoms with Gasteiger partial charge in [-0.2, -0.15) is 0 Å². The molecule has 0 radical (unpaired) electrons. The fourth-order valence-corrected chi connectivity index (χ4v) is 5.48.